The van der Waals surface area contributed by atoms with Crippen LogP contribution < -0.4 is 56.5 Å². The predicted molar refractivity (Wildman–Crippen MR) is 90.5 cm³/mol. The Morgan fingerprint density at radius 3 is 1.52 bits per heavy atom. The van der Waals surface area contributed by atoms with Crippen molar-refractivity contribution in [1.29, 1.82) is 0 Å². The minimum absolute atomic E-state index is 0. The molecule has 0 heterocycles. The monoisotopic (exact) mass is 460 g/mol. The Hall–Kier alpha value is 0.856. The van der Waals surface area contributed by atoms with E-state index >= 15 is 0 Å². The summed E-state index contributed by atoms with van der Waals surface area (Å²) < 4.78 is 13.7. The molecule has 25 heavy (non-hydrogen) atoms. The number of aliphatic hydroxyl groups excluding tert-OH is 1. The molecular weight excluding hydrogens is 431 g/mol. The molecule has 0 saturated heterocycles. The molecule has 0 bridgehead atoms. The largest absolute Gasteiger partial charge is 1.00 e. The Labute approximate surface area is 200 Å². The van der Waals surface area contributed by atoms with Gasteiger partial charge < -0.3 is 34.6 Å². The number of carboxylic acids is 2. The molecule has 0 amide bonds. The molecule has 0 rings (SSSR count). The topological polar surface area (TPSA) is 146 Å². The van der Waals surface area contributed by atoms with E-state index in [0.717, 1.165) is 0 Å². The summed E-state index contributed by atoms with van der Waals surface area (Å²) in [6.07, 6.45) is 0. The van der Waals surface area contributed by atoms with E-state index < -0.39 is 17.5 Å². The third kappa shape index (κ3) is 110. The van der Waals surface area contributed by atoms with Crippen molar-refractivity contribution in [3.63, 3.8) is 0 Å². The SMILES string of the molecule is CC(C)(C)[O-].COCCO.COCCOCC(=O)O.O=C(O)CBr.[K+]. The number of carbonyl (C=O) groups is 2. The van der Waals surface area contributed by atoms with Crippen LogP contribution in [0.15, 0.2) is 0 Å². The van der Waals surface area contributed by atoms with Crippen LogP contribution in [0.3, 0.4) is 0 Å². The first-order valence-electron chi connectivity index (χ1n) is 6.82. The van der Waals surface area contributed by atoms with Gasteiger partial charge in [-0.1, -0.05) is 36.7 Å². The first kappa shape index (κ1) is 36.7. The second-order valence-electron chi connectivity index (χ2n) is 4.80. The standard InChI is InChI=1S/C5H10O4.C4H9O.C3H8O2.C2H3BrO2.K/c1-8-2-3-9-4-5(6)7;1-4(2,3)5;1-5-3-2-4;3-1-2(4)5;/h2-4H2,1H3,(H,6,7);1-3H3;4H,2-3H2,1H3;1H2,(H,4,5);/q;-1;;;+1. The molecular formula is C14H30BrKO9. The van der Waals surface area contributed by atoms with E-state index in [0.29, 0.717) is 19.8 Å². The maximum Gasteiger partial charge on any atom is 1.00 e. The van der Waals surface area contributed by atoms with Crippen LogP contribution in [0.1, 0.15) is 20.8 Å². The van der Waals surface area contributed by atoms with E-state index in [4.69, 9.17) is 15.3 Å². The number of rotatable bonds is 8. The number of aliphatic hydroxyl groups is 1. The summed E-state index contributed by atoms with van der Waals surface area (Å²) in [4.78, 5) is 19.1. The first-order valence-corrected chi connectivity index (χ1v) is 7.94. The van der Waals surface area contributed by atoms with Crippen LogP contribution in [0.25, 0.3) is 0 Å². The van der Waals surface area contributed by atoms with Gasteiger partial charge >= 0.3 is 63.3 Å². The molecule has 0 saturated carbocycles. The number of methoxy groups -OCH3 is 2. The van der Waals surface area contributed by atoms with Gasteiger partial charge in [0.2, 0.25) is 0 Å². The van der Waals surface area contributed by atoms with E-state index in [1.165, 1.54) is 7.11 Å². The summed E-state index contributed by atoms with van der Waals surface area (Å²) >= 11 is 2.71. The van der Waals surface area contributed by atoms with Crippen molar-refractivity contribution in [2.45, 2.75) is 26.4 Å². The predicted octanol–water partition coefficient (Wildman–Crippen LogP) is -3.03. The average Bonchev–Trinajstić information content (AvgIpc) is 2.44. The fourth-order valence-corrected chi connectivity index (χ4v) is 0.393. The summed E-state index contributed by atoms with van der Waals surface area (Å²) in [6, 6.07) is 0. The summed E-state index contributed by atoms with van der Waals surface area (Å²) in [5.74, 6) is -1.78. The molecule has 9 nitrogen and oxygen atoms in total. The second kappa shape index (κ2) is 29.6. The number of alkyl halides is 1. The fourth-order valence-electron chi connectivity index (χ4n) is 0.393. The normalized spacial score (nSPS) is 8.96. The van der Waals surface area contributed by atoms with E-state index in [1.807, 2.05) is 0 Å². The molecule has 0 radical (unpaired) electrons. The molecule has 0 spiro atoms. The van der Waals surface area contributed by atoms with Gasteiger partial charge in [-0.2, -0.15) is 0 Å². The van der Waals surface area contributed by atoms with E-state index in [2.05, 4.69) is 30.1 Å². The Balaban J connectivity index is -0.0000000733. The van der Waals surface area contributed by atoms with E-state index in [1.54, 1.807) is 27.9 Å². The van der Waals surface area contributed by atoms with Crippen LogP contribution in [0, 0.1) is 0 Å². The Bertz CT molecular complexity index is 266. The zero-order valence-corrected chi connectivity index (χ0v) is 20.6. The quantitative estimate of drug-likeness (QED) is 0.195. The van der Waals surface area contributed by atoms with Crippen molar-refractivity contribution in [3.8, 4) is 0 Å². The van der Waals surface area contributed by atoms with E-state index in [-0.39, 0.29) is 69.9 Å². The van der Waals surface area contributed by atoms with Crippen molar-refractivity contribution in [3.05, 3.63) is 0 Å². The Kier molecular flexibility index (Phi) is 43.5. The van der Waals surface area contributed by atoms with Crippen LogP contribution >= 0.6 is 15.9 Å². The van der Waals surface area contributed by atoms with Crippen LogP contribution in [0.5, 0.6) is 0 Å². The average molecular weight is 461 g/mol. The van der Waals surface area contributed by atoms with Crippen LogP contribution in [0.2, 0.25) is 0 Å². The zero-order valence-electron chi connectivity index (χ0n) is 15.9. The van der Waals surface area contributed by atoms with Crippen molar-refractivity contribution >= 4 is 27.9 Å². The van der Waals surface area contributed by atoms with Gasteiger partial charge in [-0.05, 0) is 0 Å². The minimum Gasteiger partial charge on any atom is -0.850 e. The number of hydrogen-bond donors (Lipinski definition) is 3. The molecule has 0 aliphatic rings. The van der Waals surface area contributed by atoms with Crippen LogP contribution in [0.4, 0.5) is 0 Å². The molecule has 0 unspecified atom stereocenters. The number of hydrogen-bond acceptors (Lipinski definition) is 7. The first-order chi connectivity index (χ1) is 11.0. The molecule has 148 valence electrons. The second-order valence-corrected chi connectivity index (χ2v) is 5.36. The molecule has 0 aliphatic heterocycles. The maximum atomic E-state index is 10.1. The van der Waals surface area contributed by atoms with E-state index in [9.17, 15) is 14.7 Å². The molecule has 11 heteroatoms. The van der Waals surface area contributed by atoms with Crippen LogP contribution in [-0.4, -0.2) is 85.4 Å². The minimum atomic E-state index is -0.953. The van der Waals surface area contributed by atoms with Gasteiger partial charge in [0, 0.05) is 14.2 Å². The van der Waals surface area contributed by atoms with Gasteiger partial charge in [-0.3, -0.25) is 4.79 Å². The number of halogens is 1. The Morgan fingerprint density at radius 1 is 1.00 bits per heavy atom. The Morgan fingerprint density at radius 2 is 1.36 bits per heavy atom. The van der Waals surface area contributed by atoms with Crippen LogP contribution in [-0.2, 0) is 23.8 Å². The smallest absolute Gasteiger partial charge is 0.850 e. The summed E-state index contributed by atoms with van der Waals surface area (Å²) in [5.41, 5.74) is -0.750. The summed E-state index contributed by atoms with van der Waals surface area (Å²) in [5, 5.41) is 33.8. The third-order valence-corrected chi connectivity index (χ3v) is 1.55. The van der Waals surface area contributed by atoms with Gasteiger partial charge in [0.05, 0.1) is 26.4 Å². The van der Waals surface area contributed by atoms with Gasteiger partial charge in [-0.15, -0.1) is 5.60 Å². The molecule has 0 atom stereocenters. The van der Waals surface area contributed by atoms with Gasteiger partial charge in [0.15, 0.2) is 0 Å². The number of aliphatic carboxylic acids is 2. The van der Waals surface area contributed by atoms with Crippen molar-refractivity contribution in [2.24, 2.45) is 0 Å². The maximum absolute atomic E-state index is 10.1. The molecule has 0 aromatic heterocycles. The van der Waals surface area contributed by atoms with Gasteiger partial charge in [-0.25, -0.2) is 4.79 Å². The molecule has 0 aromatic rings. The molecule has 0 fully saturated rings. The van der Waals surface area contributed by atoms with Crippen molar-refractivity contribution in [2.75, 3.05) is 52.6 Å². The van der Waals surface area contributed by atoms with Crippen molar-refractivity contribution in [1.82, 2.24) is 0 Å². The number of carboxylic acid groups (broad SMARTS) is 2. The molecule has 0 aromatic carbocycles. The summed E-state index contributed by atoms with van der Waals surface area (Å²) in [7, 11) is 3.08. The van der Waals surface area contributed by atoms with Crippen molar-refractivity contribution < 1.29 is 95.6 Å². The van der Waals surface area contributed by atoms with Gasteiger partial charge in [0.1, 0.15) is 11.9 Å². The van der Waals surface area contributed by atoms with Gasteiger partial charge in [0.25, 0.3) is 0 Å². The third-order valence-electron chi connectivity index (χ3n) is 1.07. The molecule has 0 aliphatic carbocycles. The molecule has 3 N–H and O–H groups in total. The number of ether oxygens (including phenoxy) is 3. The fraction of sp³-hybridized carbons (Fsp3) is 0.857. The zero-order chi connectivity index (χ0) is 20.0. The summed E-state index contributed by atoms with van der Waals surface area (Å²) in [6.45, 7) is 5.99.